The Labute approximate surface area is 151 Å². The number of nitriles is 1. The molecule has 1 heterocycles. The maximum absolute atomic E-state index is 12.5. The number of nitrogens with two attached hydrogens (primary N) is 1. The minimum absolute atomic E-state index is 0.0189. The van der Waals surface area contributed by atoms with Gasteiger partial charge in [0.1, 0.15) is 29.8 Å². The van der Waals surface area contributed by atoms with Crippen molar-refractivity contribution in [3.63, 3.8) is 0 Å². The van der Waals surface area contributed by atoms with Gasteiger partial charge in [0.25, 0.3) is 0 Å². The molecular weight excluding hydrogens is 340 g/mol. The largest absolute Gasteiger partial charge is 0.488 e. The standard InChI is InChI=1S/C19H17ClN2O3/c1-2-8-24-15-7-6-11(9-13(15)20)17-12(10-21)19(22)25-16-5-3-4-14(23)18(16)17/h2,6-7,9,17H,1,3-5,8,22H2/t17-/m1/s1. The number of halogens is 1. The Morgan fingerprint density at radius 2 is 2.28 bits per heavy atom. The second-order valence-corrected chi connectivity index (χ2v) is 6.24. The average molecular weight is 357 g/mol. The van der Waals surface area contributed by atoms with E-state index in [1.54, 1.807) is 24.3 Å². The molecule has 1 aromatic carbocycles. The van der Waals surface area contributed by atoms with E-state index in [-0.39, 0.29) is 17.2 Å². The highest BCUT2D eigenvalue weighted by Gasteiger charge is 2.38. The van der Waals surface area contributed by atoms with Gasteiger partial charge in [0.15, 0.2) is 5.78 Å². The molecule has 1 atom stereocenters. The van der Waals surface area contributed by atoms with Gasteiger partial charge in [0.2, 0.25) is 5.88 Å². The van der Waals surface area contributed by atoms with E-state index in [4.69, 9.17) is 26.8 Å². The van der Waals surface area contributed by atoms with E-state index < -0.39 is 5.92 Å². The number of ether oxygens (including phenoxy) is 2. The predicted molar refractivity (Wildman–Crippen MR) is 93.7 cm³/mol. The minimum Gasteiger partial charge on any atom is -0.488 e. The zero-order valence-corrected chi connectivity index (χ0v) is 14.3. The van der Waals surface area contributed by atoms with Gasteiger partial charge in [0.05, 0.1) is 10.9 Å². The van der Waals surface area contributed by atoms with Crippen molar-refractivity contribution in [3.05, 3.63) is 64.2 Å². The Bertz CT molecular complexity index is 849. The van der Waals surface area contributed by atoms with Crippen LogP contribution in [-0.4, -0.2) is 12.4 Å². The fourth-order valence-electron chi connectivity index (χ4n) is 3.15. The summed E-state index contributed by atoms with van der Waals surface area (Å²) in [4.78, 5) is 12.5. The van der Waals surface area contributed by atoms with E-state index in [0.717, 1.165) is 0 Å². The molecule has 25 heavy (non-hydrogen) atoms. The molecule has 2 aliphatic rings. The molecule has 1 aliphatic heterocycles. The summed E-state index contributed by atoms with van der Waals surface area (Å²) >= 11 is 6.30. The maximum Gasteiger partial charge on any atom is 0.205 e. The van der Waals surface area contributed by atoms with E-state index in [1.165, 1.54) is 0 Å². The molecule has 3 rings (SSSR count). The molecule has 0 unspecified atom stereocenters. The summed E-state index contributed by atoms with van der Waals surface area (Å²) in [6, 6.07) is 7.29. The lowest BCUT2D eigenvalue weighted by atomic mass is 9.77. The first-order chi connectivity index (χ1) is 12.1. The number of hydrogen-bond acceptors (Lipinski definition) is 5. The molecule has 0 aromatic heterocycles. The number of hydrogen-bond donors (Lipinski definition) is 1. The molecule has 128 valence electrons. The predicted octanol–water partition coefficient (Wildman–Crippen LogP) is 3.72. The molecule has 0 radical (unpaired) electrons. The van der Waals surface area contributed by atoms with Crippen molar-refractivity contribution in [3.8, 4) is 11.8 Å². The first-order valence-electron chi connectivity index (χ1n) is 7.93. The van der Waals surface area contributed by atoms with Gasteiger partial charge in [0, 0.05) is 18.4 Å². The number of nitrogens with zero attached hydrogens (tertiary/aromatic N) is 1. The van der Waals surface area contributed by atoms with Crippen molar-refractivity contribution < 1.29 is 14.3 Å². The van der Waals surface area contributed by atoms with Crippen molar-refractivity contribution in [1.82, 2.24) is 0 Å². The first-order valence-corrected chi connectivity index (χ1v) is 8.31. The second kappa shape index (κ2) is 7.04. The summed E-state index contributed by atoms with van der Waals surface area (Å²) < 4.78 is 11.0. The molecule has 1 aromatic rings. The molecule has 0 bridgehead atoms. The number of carbonyl (C=O) groups is 1. The van der Waals surface area contributed by atoms with Gasteiger partial charge in [-0.25, -0.2) is 0 Å². The van der Waals surface area contributed by atoms with Crippen LogP contribution in [0.5, 0.6) is 5.75 Å². The van der Waals surface area contributed by atoms with Crippen molar-refractivity contribution in [2.75, 3.05) is 6.61 Å². The molecule has 2 N–H and O–H groups in total. The van der Waals surface area contributed by atoms with Crippen LogP contribution in [0.25, 0.3) is 0 Å². The normalized spacial score (nSPS) is 19.8. The number of Topliss-reactive ketones (excluding diaryl/α,β-unsaturated/α-hetero) is 1. The van der Waals surface area contributed by atoms with Gasteiger partial charge in [-0.3, -0.25) is 4.79 Å². The van der Waals surface area contributed by atoms with E-state index >= 15 is 0 Å². The fourth-order valence-corrected chi connectivity index (χ4v) is 3.40. The van der Waals surface area contributed by atoms with Gasteiger partial charge >= 0.3 is 0 Å². The fraction of sp³-hybridized carbons (Fsp3) is 0.263. The molecule has 5 nitrogen and oxygen atoms in total. The van der Waals surface area contributed by atoms with Crippen LogP contribution < -0.4 is 10.5 Å². The third-order valence-electron chi connectivity index (χ3n) is 4.25. The third kappa shape index (κ3) is 3.13. The van der Waals surface area contributed by atoms with Crippen LogP contribution in [0.3, 0.4) is 0 Å². The van der Waals surface area contributed by atoms with Crippen LogP contribution in [0.4, 0.5) is 0 Å². The first kappa shape index (κ1) is 17.1. The number of allylic oxidation sites excluding steroid dienone is 3. The lowest BCUT2D eigenvalue weighted by molar-refractivity contribution is -0.116. The average Bonchev–Trinajstić information content (AvgIpc) is 2.59. The topological polar surface area (TPSA) is 85.3 Å². The van der Waals surface area contributed by atoms with Gasteiger partial charge in [-0.15, -0.1) is 0 Å². The Hall–Kier alpha value is -2.71. The monoisotopic (exact) mass is 356 g/mol. The van der Waals surface area contributed by atoms with E-state index in [1.807, 2.05) is 0 Å². The Balaban J connectivity index is 2.08. The summed E-state index contributed by atoms with van der Waals surface area (Å²) in [5.41, 5.74) is 7.37. The highest BCUT2D eigenvalue weighted by atomic mass is 35.5. The summed E-state index contributed by atoms with van der Waals surface area (Å²) in [7, 11) is 0. The van der Waals surface area contributed by atoms with Crippen LogP contribution in [0, 0.1) is 11.3 Å². The van der Waals surface area contributed by atoms with Crippen LogP contribution in [0.1, 0.15) is 30.7 Å². The number of carbonyl (C=O) groups excluding carboxylic acids is 1. The van der Waals surface area contributed by atoms with Crippen molar-refractivity contribution in [2.45, 2.75) is 25.2 Å². The molecular formula is C19H17ClN2O3. The Morgan fingerprint density at radius 1 is 1.48 bits per heavy atom. The minimum atomic E-state index is -0.562. The van der Waals surface area contributed by atoms with E-state index in [9.17, 15) is 10.1 Å². The zero-order valence-electron chi connectivity index (χ0n) is 13.5. The van der Waals surface area contributed by atoms with Crippen LogP contribution in [0.2, 0.25) is 5.02 Å². The molecule has 1 aliphatic carbocycles. The maximum atomic E-state index is 12.5. The molecule has 6 heteroatoms. The van der Waals surface area contributed by atoms with Crippen LogP contribution >= 0.6 is 11.6 Å². The zero-order chi connectivity index (χ0) is 18.0. The molecule has 0 saturated carbocycles. The SMILES string of the molecule is C=CCOc1ccc([C@@H]2C(C#N)=C(N)OC3=C2C(=O)CCC3)cc1Cl. The summed E-state index contributed by atoms with van der Waals surface area (Å²) in [5, 5.41) is 9.93. The second-order valence-electron chi connectivity index (χ2n) is 5.83. The van der Waals surface area contributed by atoms with Crippen LogP contribution in [0.15, 0.2) is 53.6 Å². The molecule has 0 saturated heterocycles. The van der Waals surface area contributed by atoms with Crippen molar-refractivity contribution >= 4 is 17.4 Å². The number of benzene rings is 1. The summed E-state index contributed by atoms with van der Waals surface area (Å²) in [5.74, 6) is 0.532. The van der Waals surface area contributed by atoms with Gasteiger partial charge in [-0.05, 0) is 24.1 Å². The molecule has 0 spiro atoms. The number of ketones is 1. The summed E-state index contributed by atoms with van der Waals surface area (Å²) in [6.45, 7) is 3.93. The Morgan fingerprint density at radius 3 is 2.96 bits per heavy atom. The quantitative estimate of drug-likeness (QED) is 0.831. The van der Waals surface area contributed by atoms with Crippen molar-refractivity contribution in [2.24, 2.45) is 5.73 Å². The smallest absolute Gasteiger partial charge is 0.205 e. The molecule has 0 fully saturated rings. The van der Waals surface area contributed by atoms with Gasteiger partial charge in [-0.1, -0.05) is 30.3 Å². The lowest BCUT2D eigenvalue weighted by Crippen LogP contribution is -2.27. The van der Waals surface area contributed by atoms with Crippen LogP contribution in [-0.2, 0) is 9.53 Å². The van der Waals surface area contributed by atoms with E-state index in [0.29, 0.717) is 53.5 Å². The summed E-state index contributed by atoms with van der Waals surface area (Å²) in [6.07, 6.45) is 3.41. The Kier molecular flexibility index (Phi) is 4.82. The van der Waals surface area contributed by atoms with Gasteiger partial charge < -0.3 is 15.2 Å². The lowest BCUT2D eigenvalue weighted by Gasteiger charge is -2.31. The third-order valence-corrected chi connectivity index (χ3v) is 4.55. The van der Waals surface area contributed by atoms with Crippen molar-refractivity contribution in [1.29, 1.82) is 5.26 Å². The molecule has 0 amide bonds. The highest BCUT2D eigenvalue weighted by Crippen LogP contribution is 2.44. The number of rotatable bonds is 4. The van der Waals surface area contributed by atoms with E-state index in [2.05, 4.69) is 12.6 Å². The van der Waals surface area contributed by atoms with Gasteiger partial charge in [-0.2, -0.15) is 5.26 Å². The highest BCUT2D eigenvalue weighted by molar-refractivity contribution is 6.32.